The van der Waals surface area contributed by atoms with Crippen LogP contribution < -0.4 is 10.6 Å². The van der Waals surface area contributed by atoms with Crippen LogP contribution in [-0.2, 0) is 6.18 Å². The second-order valence-electron chi connectivity index (χ2n) is 5.82. The number of hydrogen-bond acceptors (Lipinski definition) is 3. The number of urea groups is 1. The molecule has 0 aliphatic rings. The normalized spacial score (nSPS) is 12.3. The molecule has 1 rings (SSSR count). The number of carbonyl (C=O) groups excluding carboxylic acids is 1. The Kier molecular flexibility index (Phi) is 6.37. The highest BCUT2D eigenvalue weighted by molar-refractivity contribution is 5.89. The standard InChI is InChI=1S/C15H23F3N4O/c1-10(2)21(11(3)4)7-8-22(14(19)23)13-9-12(5-6-20-13)15(16,17)18/h5-6,9-11H,7-8H2,1-4H3,(H2,19,23). The molecule has 130 valence electrons. The Labute approximate surface area is 134 Å². The minimum Gasteiger partial charge on any atom is -0.351 e. The third-order valence-corrected chi connectivity index (χ3v) is 3.52. The van der Waals surface area contributed by atoms with Gasteiger partial charge in [-0.15, -0.1) is 0 Å². The molecule has 0 atom stereocenters. The third kappa shape index (κ3) is 5.38. The summed E-state index contributed by atoms with van der Waals surface area (Å²) in [6, 6.07) is 1.33. The zero-order valence-corrected chi connectivity index (χ0v) is 13.8. The van der Waals surface area contributed by atoms with Crippen molar-refractivity contribution in [1.29, 1.82) is 0 Å². The van der Waals surface area contributed by atoms with Crippen LogP contribution in [0.1, 0.15) is 33.3 Å². The number of rotatable bonds is 6. The Hall–Kier alpha value is -1.83. The van der Waals surface area contributed by atoms with Crippen LogP contribution in [-0.4, -0.2) is 41.1 Å². The molecular weight excluding hydrogens is 309 g/mol. The lowest BCUT2D eigenvalue weighted by Crippen LogP contribution is -2.46. The molecule has 0 saturated carbocycles. The van der Waals surface area contributed by atoms with Gasteiger partial charge in [-0.1, -0.05) is 0 Å². The molecule has 1 aromatic rings. The molecular formula is C15H23F3N4O. The van der Waals surface area contributed by atoms with E-state index in [2.05, 4.69) is 9.88 Å². The smallest absolute Gasteiger partial charge is 0.351 e. The van der Waals surface area contributed by atoms with E-state index in [1.807, 2.05) is 27.7 Å². The van der Waals surface area contributed by atoms with E-state index in [0.717, 1.165) is 23.2 Å². The first-order valence-corrected chi connectivity index (χ1v) is 7.40. The van der Waals surface area contributed by atoms with Gasteiger partial charge in [-0.25, -0.2) is 9.78 Å². The summed E-state index contributed by atoms with van der Waals surface area (Å²) in [5, 5.41) is 0. The lowest BCUT2D eigenvalue weighted by atomic mass is 10.2. The van der Waals surface area contributed by atoms with Gasteiger partial charge in [0.15, 0.2) is 0 Å². The first kappa shape index (κ1) is 19.2. The number of hydrogen-bond donors (Lipinski definition) is 1. The van der Waals surface area contributed by atoms with Crippen LogP contribution in [0, 0.1) is 0 Å². The van der Waals surface area contributed by atoms with Gasteiger partial charge in [0, 0.05) is 31.4 Å². The molecule has 0 fully saturated rings. The van der Waals surface area contributed by atoms with Crippen LogP contribution in [0.5, 0.6) is 0 Å². The van der Waals surface area contributed by atoms with Crippen molar-refractivity contribution in [3.63, 3.8) is 0 Å². The van der Waals surface area contributed by atoms with E-state index in [0.29, 0.717) is 6.54 Å². The minimum absolute atomic E-state index is 0.0974. The molecule has 0 aromatic carbocycles. The quantitative estimate of drug-likeness (QED) is 0.871. The SMILES string of the molecule is CC(C)N(CCN(C(N)=O)c1cc(C(F)(F)F)ccn1)C(C)C. The molecule has 2 amide bonds. The van der Waals surface area contributed by atoms with Gasteiger partial charge < -0.3 is 5.73 Å². The monoisotopic (exact) mass is 332 g/mol. The van der Waals surface area contributed by atoms with Crippen LogP contribution >= 0.6 is 0 Å². The molecule has 1 aromatic heterocycles. The van der Waals surface area contributed by atoms with Crippen LogP contribution in [0.3, 0.4) is 0 Å². The van der Waals surface area contributed by atoms with E-state index in [1.54, 1.807) is 0 Å². The lowest BCUT2D eigenvalue weighted by Gasteiger charge is -2.32. The van der Waals surface area contributed by atoms with Gasteiger partial charge in [0.05, 0.1) is 5.56 Å². The molecule has 0 unspecified atom stereocenters. The number of primary amides is 1. The van der Waals surface area contributed by atoms with Crippen molar-refractivity contribution in [2.75, 3.05) is 18.0 Å². The molecule has 0 bridgehead atoms. The summed E-state index contributed by atoms with van der Waals surface area (Å²) in [4.78, 5) is 18.6. The van der Waals surface area contributed by atoms with E-state index in [9.17, 15) is 18.0 Å². The third-order valence-electron chi connectivity index (χ3n) is 3.52. The highest BCUT2D eigenvalue weighted by Crippen LogP contribution is 2.30. The van der Waals surface area contributed by atoms with Gasteiger partial charge in [-0.2, -0.15) is 13.2 Å². The van der Waals surface area contributed by atoms with Gasteiger partial charge in [-0.3, -0.25) is 9.80 Å². The molecule has 23 heavy (non-hydrogen) atoms. The van der Waals surface area contributed by atoms with E-state index in [1.165, 1.54) is 0 Å². The summed E-state index contributed by atoms with van der Waals surface area (Å²) < 4.78 is 38.4. The van der Waals surface area contributed by atoms with Crippen LogP contribution in [0.25, 0.3) is 0 Å². The maximum atomic E-state index is 12.8. The summed E-state index contributed by atoms with van der Waals surface area (Å²) >= 11 is 0. The first-order chi connectivity index (χ1) is 10.5. The van der Waals surface area contributed by atoms with Gasteiger partial charge in [0.2, 0.25) is 0 Å². The molecule has 8 heteroatoms. The maximum Gasteiger partial charge on any atom is 0.416 e. The van der Waals surface area contributed by atoms with Gasteiger partial charge in [-0.05, 0) is 39.8 Å². The Bertz CT molecular complexity index is 524. The molecule has 0 saturated heterocycles. The van der Waals surface area contributed by atoms with Crippen LogP contribution in [0.4, 0.5) is 23.8 Å². The Morgan fingerprint density at radius 3 is 2.22 bits per heavy atom. The molecule has 0 aliphatic heterocycles. The summed E-state index contributed by atoms with van der Waals surface area (Å²) in [7, 11) is 0. The second kappa shape index (κ2) is 7.63. The van der Waals surface area contributed by atoms with Gasteiger partial charge >= 0.3 is 12.2 Å². The van der Waals surface area contributed by atoms with E-state index >= 15 is 0 Å². The predicted octanol–water partition coefficient (Wildman–Crippen LogP) is 3.10. The minimum atomic E-state index is -4.50. The summed E-state index contributed by atoms with van der Waals surface area (Å²) in [6.45, 7) is 8.69. The molecule has 2 N–H and O–H groups in total. The fourth-order valence-electron chi connectivity index (χ4n) is 2.41. The van der Waals surface area contributed by atoms with Crippen LogP contribution in [0.15, 0.2) is 18.3 Å². The highest BCUT2D eigenvalue weighted by Gasteiger charge is 2.31. The van der Waals surface area contributed by atoms with E-state index in [-0.39, 0.29) is 24.4 Å². The van der Waals surface area contributed by atoms with Crippen molar-refractivity contribution in [2.24, 2.45) is 5.73 Å². The molecule has 0 radical (unpaired) electrons. The van der Waals surface area contributed by atoms with Crippen molar-refractivity contribution >= 4 is 11.8 Å². The highest BCUT2D eigenvalue weighted by atomic mass is 19.4. The number of halogens is 3. The van der Waals surface area contributed by atoms with Crippen molar-refractivity contribution < 1.29 is 18.0 Å². The van der Waals surface area contributed by atoms with Gasteiger partial charge in [0.1, 0.15) is 5.82 Å². The number of pyridine rings is 1. The topological polar surface area (TPSA) is 62.5 Å². The molecule has 1 heterocycles. The first-order valence-electron chi connectivity index (χ1n) is 7.40. The largest absolute Gasteiger partial charge is 0.416 e. The summed E-state index contributed by atoms with van der Waals surface area (Å²) in [5.74, 6) is -0.0974. The van der Waals surface area contributed by atoms with Crippen molar-refractivity contribution in [2.45, 2.75) is 46.0 Å². The Morgan fingerprint density at radius 2 is 1.78 bits per heavy atom. The Morgan fingerprint density at radius 1 is 1.22 bits per heavy atom. The number of amides is 2. The molecule has 0 aliphatic carbocycles. The molecule has 0 spiro atoms. The fourth-order valence-corrected chi connectivity index (χ4v) is 2.41. The molecule has 5 nitrogen and oxygen atoms in total. The number of nitrogens with zero attached hydrogens (tertiary/aromatic N) is 3. The van der Waals surface area contributed by atoms with Gasteiger partial charge in [0.25, 0.3) is 0 Å². The predicted molar refractivity (Wildman–Crippen MR) is 83.1 cm³/mol. The van der Waals surface area contributed by atoms with Crippen molar-refractivity contribution in [1.82, 2.24) is 9.88 Å². The van der Waals surface area contributed by atoms with E-state index < -0.39 is 17.8 Å². The summed E-state index contributed by atoms with van der Waals surface area (Å²) in [5.41, 5.74) is 4.45. The van der Waals surface area contributed by atoms with E-state index in [4.69, 9.17) is 5.73 Å². The number of anilines is 1. The average Bonchev–Trinajstić information content (AvgIpc) is 2.41. The fraction of sp³-hybridized carbons (Fsp3) is 0.600. The summed E-state index contributed by atoms with van der Waals surface area (Å²) in [6.07, 6.45) is -3.47. The second-order valence-corrected chi connectivity index (χ2v) is 5.82. The Balaban J connectivity index is 2.98. The number of carbonyl (C=O) groups is 1. The maximum absolute atomic E-state index is 12.8. The number of aromatic nitrogens is 1. The zero-order chi connectivity index (χ0) is 17.8. The average molecular weight is 332 g/mol. The zero-order valence-electron chi connectivity index (χ0n) is 13.8. The van der Waals surface area contributed by atoms with Crippen molar-refractivity contribution in [3.8, 4) is 0 Å². The lowest BCUT2D eigenvalue weighted by molar-refractivity contribution is -0.137. The van der Waals surface area contributed by atoms with Crippen molar-refractivity contribution in [3.05, 3.63) is 23.9 Å². The number of alkyl halides is 3. The van der Waals surface area contributed by atoms with Crippen LogP contribution in [0.2, 0.25) is 0 Å². The number of nitrogens with two attached hydrogens (primary N) is 1.